The average molecular weight is 915 g/mol. The van der Waals surface area contributed by atoms with E-state index >= 15 is 0 Å². The molecule has 1 aliphatic heterocycles. The molecule has 0 spiro atoms. The van der Waals surface area contributed by atoms with Crippen LogP contribution in [0.1, 0.15) is 64.4 Å². The number of methoxy groups -OCH3 is 1. The van der Waals surface area contributed by atoms with E-state index in [2.05, 4.69) is 32.0 Å². The van der Waals surface area contributed by atoms with Crippen molar-refractivity contribution in [2.45, 2.75) is 106 Å². The number of benzene rings is 1. The number of carbonyl (C=O) groups excluding carboxylic acids is 2. The molecule has 0 unspecified atom stereocenters. The van der Waals surface area contributed by atoms with Crippen molar-refractivity contribution in [3.05, 3.63) is 80.1 Å². The molecule has 1 aliphatic rings. The molecule has 334 valence electrons. The molecule has 0 radical (unpaired) electrons. The van der Waals surface area contributed by atoms with Crippen LogP contribution in [0.5, 0.6) is 5.75 Å². The van der Waals surface area contributed by atoms with Crippen molar-refractivity contribution in [1.82, 2.24) is 5.32 Å². The Morgan fingerprint density at radius 3 is 2.22 bits per heavy atom. The summed E-state index contributed by atoms with van der Waals surface area (Å²) in [5.74, 6) is 0.727. The summed E-state index contributed by atoms with van der Waals surface area (Å²) in [6.07, 6.45) is 5.57. The number of carbonyl (C=O) groups is 2. The number of phosphoric acid groups is 1. The lowest BCUT2D eigenvalue weighted by atomic mass is 9.96. The molecule has 1 heterocycles. The van der Waals surface area contributed by atoms with Gasteiger partial charge in [0.1, 0.15) is 49.9 Å². The summed E-state index contributed by atoms with van der Waals surface area (Å²) in [7, 11) is -2.89. The monoisotopic (exact) mass is 913 g/mol. The fraction of sp³-hybridized carbons (Fsp3) is 0.600. The van der Waals surface area contributed by atoms with Crippen LogP contribution < -0.4 is 10.1 Å². The van der Waals surface area contributed by atoms with Gasteiger partial charge >= 0.3 is 20.1 Å². The number of hydrogen-bond acceptors (Lipinski definition) is 14. The van der Waals surface area contributed by atoms with Crippen LogP contribution in [-0.2, 0) is 57.9 Å². The Morgan fingerprint density at radius 2 is 1.61 bits per heavy atom. The van der Waals surface area contributed by atoms with Crippen molar-refractivity contribution in [3.63, 3.8) is 0 Å². The molecule has 0 aromatic heterocycles. The fourth-order valence-corrected chi connectivity index (χ4v) is 7.02. The number of unbranched alkanes of at least 4 members (excludes halogenated alkanes) is 4. The first kappa shape index (κ1) is 52.3. The number of hydrogen-bond donors (Lipinski definition) is 1. The van der Waals surface area contributed by atoms with Gasteiger partial charge in [0.2, 0.25) is 10.1 Å². The maximum Gasteiger partial charge on any atom is 0.508 e. The largest absolute Gasteiger partial charge is 0.508 e. The van der Waals surface area contributed by atoms with Crippen LogP contribution in [-0.4, -0.2) is 99.5 Å². The molecule has 1 saturated heterocycles. The molecule has 2 rings (SSSR count). The minimum absolute atomic E-state index is 0.0186. The zero-order chi connectivity index (χ0) is 43.5. The highest BCUT2D eigenvalue weighted by Crippen LogP contribution is 2.52. The maximum absolute atomic E-state index is 14.2. The predicted octanol–water partition coefficient (Wildman–Crippen LogP) is 9.69. The number of phosphoric ester groups is 1. The van der Waals surface area contributed by atoms with E-state index in [0.29, 0.717) is 13.0 Å². The molecule has 0 aliphatic carbocycles. The third-order valence-electron chi connectivity index (χ3n) is 8.31. The number of amides is 1. The van der Waals surface area contributed by atoms with Gasteiger partial charge in [0.05, 0.1) is 39.3 Å². The predicted molar refractivity (Wildman–Crippen MR) is 225 cm³/mol. The Morgan fingerprint density at radius 1 is 0.932 bits per heavy atom. The second kappa shape index (κ2) is 29.4. The first-order valence-corrected chi connectivity index (χ1v) is 21.9. The second-order valence-electron chi connectivity index (χ2n) is 13.0. The third-order valence-corrected chi connectivity index (χ3v) is 10.1. The van der Waals surface area contributed by atoms with Gasteiger partial charge < -0.3 is 43.2 Å². The number of alkyl carbamates (subject to hydrolysis) is 1. The summed E-state index contributed by atoms with van der Waals surface area (Å²) in [6.45, 7) is 13.2. The zero-order valence-electron chi connectivity index (χ0n) is 34.0. The molecule has 0 saturated carbocycles. The van der Waals surface area contributed by atoms with E-state index in [1.807, 2.05) is 24.3 Å². The van der Waals surface area contributed by atoms with Crippen molar-refractivity contribution in [2.75, 3.05) is 46.8 Å². The minimum atomic E-state index is -4.50. The van der Waals surface area contributed by atoms with E-state index in [0.717, 1.165) is 49.8 Å². The normalized spacial score (nSPS) is 20.0. The van der Waals surface area contributed by atoms with Crippen molar-refractivity contribution >= 4 is 54.9 Å². The van der Waals surface area contributed by atoms with E-state index in [-0.39, 0.29) is 32.5 Å². The Balaban J connectivity index is 2.57. The molecule has 1 aromatic carbocycles. The van der Waals surface area contributed by atoms with Crippen LogP contribution in [0.2, 0.25) is 0 Å². The Bertz CT molecular complexity index is 1450. The van der Waals surface area contributed by atoms with Crippen LogP contribution in [0.4, 0.5) is 9.59 Å². The molecular weight excluding hydrogens is 856 g/mol. The quantitative estimate of drug-likeness (QED) is 0.0194. The van der Waals surface area contributed by atoms with Gasteiger partial charge in [0, 0.05) is 6.61 Å². The zero-order valence-corrected chi connectivity index (χ0v) is 37.1. The lowest BCUT2D eigenvalue weighted by Gasteiger charge is -2.45. The lowest BCUT2D eigenvalue weighted by molar-refractivity contribution is -0.261. The van der Waals surface area contributed by atoms with Gasteiger partial charge in [-0.3, -0.25) is 13.6 Å². The Hall–Kier alpha value is -2.82. The summed E-state index contributed by atoms with van der Waals surface area (Å²) >= 11 is 17.5. The van der Waals surface area contributed by atoms with Crippen LogP contribution in [0.15, 0.2) is 74.6 Å². The highest BCUT2D eigenvalue weighted by molar-refractivity contribution is 7.48. The smallest absolute Gasteiger partial charge is 0.497 e. The number of allylic oxidation sites excluding steroid dienone is 1. The first-order chi connectivity index (χ1) is 28.3. The van der Waals surface area contributed by atoms with E-state index in [4.69, 9.17) is 86.3 Å². The molecule has 0 bridgehead atoms. The fourth-order valence-electron chi connectivity index (χ4n) is 5.53. The van der Waals surface area contributed by atoms with Crippen LogP contribution in [0, 0.1) is 0 Å². The summed E-state index contributed by atoms with van der Waals surface area (Å²) in [5, 5.41) is 2.65. The standard InChI is InChI=1S/C40H59Cl3NO14P/c1-7-12-13-14-15-16-32(52-27-30-17-19-31(48-6)20-18-30)21-26-49-36-34(44-38(45)54-29-40(41,42)43)37(50-22-8-2)57-33(28-53-39(46)51-23-9-3)35(36)58-59(47,55-24-10-4)56-25-11-5/h8-11,17-20,22,32-37H,3-5,7,12-16,21,23-29H2,1-2,6H3,(H,44,45)/t32-,33-,34-,35-,36-,37+/m1/s1. The lowest BCUT2D eigenvalue weighted by Crippen LogP contribution is -2.66. The van der Waals surface area contributed by atoms with Crippen molar-refractivity contribution in [3.8, 4) is 5.75 Å². The van der Waals surface area contributed by atoms with Crippen molar-refractivity contribution in [2.24, 2.45) is 0 Å². The Labute approximate surface area is 363 Å². The molecule has 1 amide bonds. The van der Waals surface area contributed by atoms with Crippen LogP contribution in [0.25, 0.3) is 0 Å². The first-order valence-electron chi connectivity index (χ1n) is 19.3. The van der Waals surface area contributed by atoms with Gasteiger partial charge in [0.25, 0.3) is 0 Å². The third kappa shape index (κ3) is 21.5. The van der Waals surface area contributed by atoms with E-state index < -0.39 is 67.7 Å². The number of ether oxygens (including phenoxy) is 8. The van der Waals surface area contributed by atoms with E-state index in [1.54, 1.807) is 20.1 Å². The summed E-state index contributed by atoms with van der Waals surface area (Å²) in [6, 6.07) is 6.30. The summed E-state index contributed by atoms with van der Waals surface area (Å²) in [5.41, 5.74) is 0.950. The van der Waals surface area contributed by atoms with Crippen LogP contribution >= 0.6 is 42.6 Å². The molecule has 59 heavy (non-hydrogen) atoms. The molecule has 6 atom stereocenters. The number of rotatable bonds is 30. The topological polar surface area (TPSA) is 165 Å². The number of nitrogens with one attached hydrogen (secondary N) is 1. The SMILES string of the molecule is C=CCOC(=O)OC[C@H]1O[C@H](OC=CC)[C@H](NC(=O)OCC(Cl)(Cl)Cl)[C@@H](OCC[C@@H](CCCCCCC)OCc2ccc(OC)cc2)[C@@H]1OP(=O)(OCC=C)OCC=C. The van der Waals surface area contributed by atoms with Gasteiger partial charge in [-0.25, -0.2) is 14.2 Å². The molecule has 1 fully saturated rings. The van der Waals surface area contributed by atoms with Crippen molar-refractivity contribution in [1.29, 1.82) is 0 Å². The van der Waals surface area contributed by atoms with Gasteiger partial charge in [-0.05, 0) is 37.5 Å². The van der Waals surface area contributed by atoms with Crippen LogP contribution in [0.3, 0.4) is 0 Å². The average Bonchev–Trinajstić information content (AvgIpc) is 3.22. The minimum Gasteiger partial charge on any atom is -0.497 e. The van der Waals surface area contributed by atoms with E-state index in [9.17, 15) is 14.2 Å². The number of alkyl halides is 3. The maximum atomic E-state index is 14.2. The van der Waals surface area contributed by atoms with Gasteiger partial charge in [-0.15, -0.1) is 13.2 Å². The van der Waals surface area contributed by atoms with Gasteiger partial charge in [-0.1, -0.05) is 117 Å². The van der Waals surface area contributed by atoms with Gasteiger partial charge in [0.15, 0.2) is 0 Å². The second-order valence-corrected chi connectivity index (χ2v) is 17.1. The Kier molecular flexibility index (Phi) is 26.1. The summed E-state index contributed by atoms with van der Waals surface area (Å²) in [4.78, 5) is 25.7. The highest BCUT2D eigenvalue weighted by atomic mass is 35.6. The highest BCUT2D eigenvalue weighted by Gasteiger charge is 2.53. The summed E-state index contributed by atoms with van der Waals surface area (Å²) < 4.78 is 75.3. The molecule has 1 N–H and O–H groups in total. The number of halogens is 3. The molecule has 15 nitrogen and oxygen atoms in total. The van der Waals surface area contributed by atoms with Gasteiger partial charge in [-0.2, -0.15) is 0 Å². The molecule has 1 aromatic rings. The molecule has 19 heteroatoms. The van der Waals surface area contributed by atoms with E-state index in [1.165, 1.54) is 24.5 Å². The van der Waals surface area contributed by atoms with Crippen molar-refractivity contribution < 1.29 is 65.6 Å². The molecular formula is C40H59Cl3NO14P.